The van der Waals surface area contributed by atoms with E-state index in [9.17, 15) is 8.78 Å². The largest absolute Gasteiger partial charge is 0.370 e. The van der Waals surface area contributed by atoms with Crippen molar-refractivity contribution in [3.8, 4) is 0 Å². The Bertz CT molecular complexity index is 429. The molecule has 1 saturated carbocycles. The number of aliphatic imine (C=N–C) groups is 1. The quantitative estimate of drug-likeness (QED) is 0.658. The van der Waals surface area contributed by atoms with Gasteiger partial charge in [-0.3, -0.25) is 0 Å². The first kappa shape index (κ1) is 11.7. The number of halogens is 2. The maximum absolute atomic E-state index is 13.2. The third kappa shape index (κ3) is 2.03. The van der Waals surface area contributed by atoms with Crippen molar-refractivity contribution < 1.29 is 8.78 Å². The van der Waals surface area contributed by atoms with Crippen molar-refractivity contribution in [1.29, 1.82) is 0 Å². The molecule has 3 rings (SSSR count). The average molecular weight is 257 g/mol. The molecule has 5 N–H and O–H groups in total. The van der Waals surface area contributed by atoms with Crippen LogP contribution in [0, 0.1) is 5.92 Å². The molecule has 0 amide bonds. The Morgan fingerprint density at radius 2 is 2.17 bits per heavy atom. The summed E-state index contributed by atoms with van der Waals surface area (Å²) in [7, 11) is 0. The number of nitrogens with one attached hydrogen (secondary N) is 1. The molecule has 1 saturated heterocycles. The standard InChI is InChI=1S/C11H17F2N5/c12-10(13)3-4-18(6-10)8-5-11(15,7-1-2-7)17-9(14)16-8/h5,7H,1-4,6,15H2,(H3,14,16,17). The minimum absolute atomic E-state index is 0.135. The van der Waals surface area contributed by atoms with Gasteiger partial charge < -0.3 is 21.7 Å². The summed E-state index contributed by atoms with van der Waals surface area (Å²) in [6.45, 7) is 0.0136. The van der Waals surface area contributed by atoms with Crippen LogP contribution >= 0.6 is 0 Å². The van der Waals surface area contributed by atoms with Crippen LogP contribution in [0.3, 0.4) is 0 Å². The number of guanidine groups is 1. The van der Waals surface area contributed by atoms with Crippen molar-refractivity contribution in [1.82, 2.24) is 10.2 Å². The molecule has 5 nitrogen and oxygen atoms in total. The third-order valence-corrected chi connectivity index (χ3v) is 3.68. The molecule has 1 unspecified atom stereocenters. The lowest BCUT2D eigenvalue weighted by molar-refractivity contribution is 0.0146. The molecular weight excluding hydrogens is 240 g/mol. The van der Waals surface area contributed by atoms with Gasteiger partial charge in [-0.1, -0.05) is 0 Å². The molecule has 2 fully saturated rings. The highest BCUT2D eigenvalue weighted by Gasteiger charge is 2.45. The summed E-state index contributed by atoms with van der Waals surface area (Å²) >= 11 is 0. The molecule has 18 heavy (non-hydrogen) atoms. The van der Waals surface area contributed by atoms with Gasteiger partial charge in [-0.2, -0.15) is 0 Å². The zero-order valence-corrected chi connectivity index (χ0v) is 10.00. The van der Waals surface area contributed by atoms with Crippen molar-refractivity contribution in [3.63, 3.8) is 0 Å². The number of likely N-dealkylation sites (tertiary alicyclic amines) is 1. The van der Waals surface area contributed by atoms with Gasteiger partial charge >= 0.3 is 0 Å². The molecule has 0 bridgehead atoms. The van der Waals surface area contributed by atoms with Gasteiger partial charge in [0, 0.05) is 18.9 Å². The molecule has 2 heterocycles. The van der Waals surface area contributed by atoms with Crippen LogP contribution in [-0.2, 0) is 0 Å². The van der Waals surface area contributed by atoms with E-state index < -0.39 is 11.6 Å². The van der Waals surface area contributed by atoms with Gasteiger partial charge in [-0.25, -0.2) is 13.8 Å². The van der Waals surface area contributed by atoms with E-state index in [1.54, 1.807) is 11.0 Å². The monoisotopic (exact) mass is 257 g/mol. The lowest BCUT2D eigenvalue weighted by Crippen LogP contribution is -2.51. The van der Waals surface area contributed by atoms with E-state index in [4.69, 9.17) is 11.5 Å². The first-order valence-corrected chi connectivity index (χ1v) is 6.15. The van der Waals surface area contributed by atoms with Crippen molar-refractivity contribution >= 4 is 5.96 Å². The van der Waals surface area contributed by atoms with E-state index in [1.807, 2.05) is 0 Å². The third-order valence-electron chi connectivity index (χ3n) is 3.68. The Kier molecular flexibility index (Phi) is 2.32. The van der Waals surface area contributed by atoms with Crippen LogP contribution < -0.4 is 16.8 Å². The summed E-state index contributed by atoms with van der Waals surface area (Å²) < 4.78 is 26.4. The molecule has 0 aromatic carbocycles. The Hall–Kier alpha value is -1.37. The van der Waals surface area contributed by atoms with Crippen LogP contribution in [0.1, 0.15) is 19.3 Å². The van der Waals surface area contributed by atoms with E-state index in [0.717, 1.165) is 12.8 Å². The summed E-state index contributed by atoms with van der Waals surface area (Å²) in [5, 5.41) is 2.84. The van der Waals surface area contributed by atoms with Crippen LogP contribution in [0.4, 0.5) is 8.78 Å². The summed E-state index contributed by atoms with van der Waals surface area (Å²) in [4.78, 5) is 5.79. The first-order chi connectivity index (χ1) is 8.38. The minimum atomic E-state index is -2.64. The number of nitrogens with two attached hydrogens (primary N) is 2. The van der Waals surface area contributed by atoms with Crippen LogP contribution in [-0.4, -0.2) is 35.5 Å². The Balaban J connectivity index is 1.82. The van der Waals surface area contributed by atoms with Crippen molar-refractivity contribution in [2.24, 2.45) is 22.4 Å². The Morgan fingerprint density at radius 1 is 1.44 bits per heavy atom. The minimum Gasteiger partial charge on any atom is -0.370 e. The first-order valence-electron chi connectivity index (χ1n) is 6.15. The summed E-state index contributed by atoms with van der Waals surface area (Å²) in [5.74, 6) is -1.59. The normalized spacial score (nSPS) is 34.9. The summed E-state index contributed by atoms with van der Waals surface area (Å²) in [5.41, 5.74) is 11.1. The number of rotatable bonds is 2. The second-order valence-corrected chi connectivity index (χ2v) is 5.34. The molecule has 3 aliphatic rings. The highest BCUT2D eigenvalue weighted by Crippen LogP contribution is 2.41. The van der Waals surface area contributed by atoms with Gasteiger partial charge in [0.05, 0.1) is 6.54 Å². The topological polar surface area (TPSA) is 79.7 Å². The molecule has 0 aromatic rings. The highest BCUT2D eigenvalue weighted by molar-refractivity contribution is 5.81. The molecule has 0 radical (unpaired) electrons. The summed E-state index contributed by atoms with van der Waals surface area (Å²) in [6.07, 6.45) is 3.62. The predicted octanol–water partition coefficient (Wildman–Crippen LogP) is 0.152. The fourth-order valence-electron chi connectivity index (χ4n) is 2.52. The molecule has 2 aliphatic heterocycles. The van der Waals surface area contributed by atoms with Gasteiger partial charge in [0.15, 0.2) is 5.96 Å². The second kappa shape index (κ2) is 3.57. The molecule has 100 valence electrons. The zero-order valence-electron chi connectivity index (χ0n) is 10.00. The fourth-order valence-corrected chi connectivity index (χ4v) is 2.52. The average Bonchev–Trinajstić information content (AvgIpc) is 3.03. The van der Waals surface area contributed by atoms with Gasteiger partial charge in [0.2, 0.25) is 0 Å². The van der Waals surface area contributed by atoms with E-state index >= 15 is 0 Å². The van der Waals surface area contributed by atoms with E-state index in [2.05, 4.69) is 10.3 Å². The molecule has 0 aromatic heterocycles. The molecule has 1 atom stereocenters. The highest BCUT2D eigenvalue weighted by atomic mass is 19.3. The lowest BCUT2D eigenvalue weighted by atomic mass is 10.0. The predicted molar refractivity (Wildman–Crippen MR) is 63.6 cm³/mol. The Labute approximate surface area is 104 Å². The Morgan fingerprint density at radius 3 is 2.72 bits per heavy atom. The number of hydrogen-bond donors (Lipinski definition) is 3. The molecule has 0 spiro atoms. The van der Waals surface area contributed by atoms with Gasteiger partial charge in [-0.05, 0) is 18.9 Å². The number of alkyl halides is 2. The zero-order chi connectivity index (χ0) is 13.0. The number of nitrogens with zero attached hydrogens (tertiary/aromatic N) is 2. The summed E-state index contributed by atoms with van der Waals surface area (Å²) in [6, 6.07) is 0. The van der Waals surface area contributed by atoms with Gasteiger partial charge in [0.25, 0.3) is 5.92 Å². The van der Waals surface area contributed by atoms with Gasteiger partial charge in [0.1, 0.15) is 11.5 Å². The van der Waals surface area contributed by atoms with E-state index in [1.165, 1.54) is 0 Å². The fraction of sp³-hybridized carbons (Fsp3) is 0.727. The maximum atomic E-state index is 13.2. The molecule has 7 heteroatoms. The SMILES string of the molecule is NC1=NC(N)(C2CC2)C=C(N2CCC(F)(F)C2)N1. The van der Waals surface area contributed by atoms with Gasteiger partial charge in [-0.15, -0.1) is 0 Å². The van der Waals surface area contributed by atoms with Crippen molar-refractivity contribution in [2.45, 2.75) is 30.8 Å². The molecular formula is C11H17F2N5. The maximum Gasteiger partial charge on any atom is 0.266 e. The number of hydrogen-bond acceptors (Lipinski definition) is 5. The lowest BCUT2D eigenvalue weighted by Gasteiger charge is -2.32. The molecule has 1 aliphatic carbocycles. The van der Waals surface area contributed by atoms with Crippen LogP contribution in [0.25, 0.3) is 0 Å². The second-order valence-electron chi connectivity index (χ2n) is 5.34. The van der Waals surface area contributed by atoms with Crippen molar-refractivity contribution in [3.05, 3.63) is 11.9 Å². The van der Waals surface area contributed by atoms with Crippen LogP contribution in [0.15, 0.2) is 16.9 Å². The van der Waals surface area contributed by atoms with E-state index in [0.29, 0.717) is 12.4 Å². The van der Waals surface area contributed by atoms with E-state index in [-0.39, 0.29) is 24.8 Å². The van der Waals surface area contributed by atoms with Crippen molar-refractivity contribution in [2.75, 3.05) is 13.1 Å². The smallest absolute Gasteiger partial charge is 0.266 e. The van der Waals surface area contributed by atoms with Crippen LogP contribution in [0.2, 0.25) is 0 Å². The van der Waals surface area contributed by atoms with Crippen LogP contribution in [0.5, 0.6) is 0 Å².